The first kappa shape index (κ1) is 21.8. The summed E-state index contributed by atoms with van der Waals surface area (Å²) < 4.78 is 27.6. The maximum absolute atomic E-state index is 13.1. The normalized spacial score (nSPS) is 17.1. The standard InChI is InChI=1S/C20H19ClF2N8O/c1-20(2)6-11(12-8-27-31-9-14(16(22)23)29-18(31)15(12)20)19(32)28-10-5-13(21)17(25-7-10)30-26-4-3-24/h3-5,7-9,11,16,24H,6H2,1-2H3,(H,25,30)(H,28,32)/b24-3?,26-4-. The lowest BCUT2D eigenvalue weighted by Gasteiger charge is -2.19. The molecule has 12 heteroatoms. The van der Waals surface area contributed by atoms with Gasteiger partial charge in [0.1, 0.15) is 5.69 Å². The predicted octanol–water partition coefficient (Wildman–Crippen LogP) is 4.17. The molecule has 0 saturated heterocycles. The Hall–Kier alpha value is -3.47. The van der Waals surface area contributed by atoms with E-state index in [1.807, 2.05) is 13.8 Å². The average Bonchev–Trinajstić information content (AvgIpc) is 3.28. The van der Waals surface area contributed by atoms with Crippen LogP contribution in [0.15, 0.2) is 29.8 Å². The predicted molar refractivity (Wildman–Crippen MR) is 117 cm³/mol. The zero-order valence-corrected chi connectivity index (χ0v) is 17.9. The second kappa shape index (κ2) is 8.23. The van der Waals surface area contributed by atoms with Crippen molar-refractivity contribution in [3.05, 3.63) is 46.5 Å². The monoisotopic (exact) mass is 460 g/mol. The van der Waals surface area contributed by atoms with Crippen LogP contribution in [0.3, 0.4) is 0 Å². The van der Waals surface area contributed by atoms with Crippen molar-refractivity contribution in [2.24, 2.45) is 5.10 Å². The van der Waals surface area contributed by atoms with Crippen LogP contribution in [0.1, 0.15) is 49.4 Å². The molecule has 1 aliphatic rings. The molecule has 0 spiro atoms. The molecule has 0 fully saturated rings. The maximum atomic E-state index is 13.1. The van der Waals surface area contributed by atoms with E-state index in [2.05, 4.69) is 30.9 Å². The molecule has 4 rings (SSSR count). The van der Waals surface area contributed by atoms with Crippen LogP contribution < -0.4 is 10.7 Å². The number of hydrazone groups is 1. The van der Waals surface area contributed by atoms with E-state index in [0.29, 0.717) is 23.3 Å². The maximum Gasteiger partial charge on any atom is 0.281 e. The summed E-state index contributed by atoms with van der Waals surface area (Å²) in [7, 11) is 0. The van der Waals surface area contributed by atoms with Gasteiger partial charge >= 0.3 is 0 Å². The number of halogens is 3. The summed E-state index contributed by atoms with van der Waals surface area (Å²) in [4.78, 5) is 21.3. The van der Waals surface area contributed by atoms with E-state index in [4.69, 9.17) is 17.0 Å². The number of imidazole rings is 1. The number of hydrogen-bond donors (Lipinski definition) is 3. The van der Waals surface area contributed by atoms with Crippen molar-refractivity contribution in [1.29, 1.82) is 5.41 Å². The minimum Gasteiger partial charge on any atom is -0.324 e. The fourth-order valence-corrected chi connectivity index (χ4v) is 4.15. The van der Waals surface area contributed by atoms with E-state index in [-0.39, 0.29) is 22.4 Å². The Bertz CT molecular complexity index is 1240. The van der Waals surface area contributed by atoms with Crippen molar-refractivity contribution in [3.63, 3.8) is 0 Å². The number of nitrogens with one attached hydrogen (secondary N) is 3. The highest BCUT2D eigenvalue weighted by atomic mass is 35.5. The highest BCUT2D eigenvalue weighted by Gasteiger charge is 2.43. The Kier molecular flexibility index (Phi) is 5.59. The second-order valence-electron chi connectivity index (χ2n) is 7.95. The van der Waals surface area contributed by atoms with Crippen LogP contribution in [-0.2, 0) is 10.2 Å². The molecule has 0 aromatic carbocycles. The van der Waals surface area contributed by atoms with E-state index >= 15 is 0 Å². The number of carbonyl (C=O) groups is 1. The third-order valence-corrected chi connectivity index (χ3v) is 5.56. The molecule has 9 nitrogen and oxygen atoms in total. The van der Waals surface area contributed by atoms with Crippen LogP contribution in [0.5, 0.6) is 0 Å². The molecular weight excluding hydrogens is 442 g/mol. The minimum absolute atomic E-state index is 0.234. The summed E-state index contributed by atoms with van der Waals surface area (Å²) in [6.45, 7) is 3.90. The van der Waals surface area contributed by atoms with Crippen molar-refractivity contribution < 1.29 is 13.6 Å². The number of fused-ring (bicyclic) bond motifs is 3. The summed E-state index contributed by atoms with van der Waals surface area (Å²) in [5, 5.41) is 17.9. The Morgan fingerprint density at radius 1 is 1.44 bits per heavy atom. The van der Waals surface area contributed by atoms with Gasteiger partial charge in [-0.2, -0.15) is 10.2 Å². The van der Waals surface area contributed by atoms with Crippen molar-refractivity contribution >= 4 is 47.1 Å². The summed E-state index contributed by atoms with van der Waals surface area (Å²) >= 11 is 6.18. The smallest absolute Gasteiger partial charge is 0.281 e. The number of amides is 1. The fraction of sp³-hybridized carbons (Fsp3) is 0.300. The summed E-state index contributed by atoms with van der Waals surface area (Å²) in [6.07, 6.45) is 4.15. The number of aromatic nitrogens is 4. The first-order valence-electron chi connectivity index (χ1n) is 9.62. The topological polar surface area (TPSA) is 120 Å². The zero-order chi connectivity index (χ0) is 23.0. The van der Waals surface area contributed by atoms with E-state index in [1.165, 1.54) is 35.4 Å². The highest BCUT2D eigenvalue weighted by molar-refractivity contribution is 6.33. The lowest BCUT2D eigenvalue weighted by atomic mass is 9.86. The van der Waals surface area contributed by atoms with Gasteiger partial charge in [-0.05, 0) is 23.5 Å². The Morgan fingerprint density at radius 3 is 2.91 bits per heavy atom. The molecule has 166 valence electrons. The van der Waals surface area contributed by atoms with Crippen LogP contribution in [0, 0.1) is 5.41 Å². The van der Waals surface area contributed by atoms with E-state index in [1.54, 1.807) is 0 Å². The van der Waals surface area contributed by atoms with Gasteiger partial charge in [0, 0.05) is 11.8 Å². The van der Waals surface area contributed by atoms with E-state index in [9.17, 15) is 13.6 Å². The molecule has 1 atom stereocenters. The largest absolute Gasteiger partial charge is 0.324 e. The number of rotatable bonds is 6. The molecule has 0 radical (unpaired) electrons. The molecule has 0 bridgehead atoms. The number of pyridine rings is 1. The number of hydrogen-bond acceptors (Lipinski definition) is 7. The molecule has 3 N–H and O–H groups in total. The summed E-state index contributed by atoms with van der Waals surface area (Å²) in [5.74, 6) is -0.558. The SMILES string of the molecule is CC1(C)CC(C(=O)Nc2cnc(N/N=C\C=N)c(Cl)c2)c2cnn3cc(C(F)F)nc3c21. The fourth-order valence-electron chi connectivity index (χ4n) is 3.94. The first-order valence-corrected chi connectivity index (χ1v) is 10.0. The number of carbonyl (C=O) groups excluding carboxylic acids is 1. The third kappa shape index (κ3) is 3.91. The van der Waals surface area contributed by atoms with Crippen molar-refractivity contribution in [3.8, 4) is 0 Å². The van der Waals surface area contributed by atoms with Gasteiger partial charge in [0.05, 0.1) is 41.4 Å². The highest BCUT2D eigenvalue weighted by Crippen LogP contribution is 2.47. The van der Waals surface area contributed by atoms with E-state index < -0.39 is 17.8 Å². The second-order valence-corrected chi connectivity index (χ2v) is 8.36. The molecule has 3 aromatic rings. The van der Waals surface area contributed by atoms with Gasteiger partial charge in [0.2, 0.25) is 5.91 Å². The van der Waals surface area contributed by atoms with Crippen LogP contribution in [0.4, 0.5) is 20.3 Å². The number of nitrogens with zero attached hydrogens (tertiary/aromatic N) is 5. The first-order chi connectivity index (χ1) is 15.2. The van der Waals surface area contributed by atoms with Crippen molar-refractivity contribution in [2.45, 2.75) is 38.0 Å². The van der Waals surface area contributed by atoms with Gasteiger partial charge in [-0.25, -0.2) is 23.3 Å². The van der Waals surface area contributed by atoms with Crippen LogP contribution >= 0.6 is 11.6 Å². The summed E-state index contributed by atoms with van der Waals surface area (Å²) in [5.41, 5.74) is 3.89. The molecule has 3 heterocycles. The van der Waals surface area contributed by atoms with Gasteiger partial charge in [-0.15, -0.1) is 0 Å². The molecule has 1 amide bonds. The summed E-state index contributed by atoms with van der Waals surface area (Å²) in [6, 6.07) is 1.53. The molecule has 1 aliphatic carbocycles. The van der Waals surface area contributed by atoms with Gasteiger partial charge < -0.3 is 10.7 Å². The van der Waals surface area contributed by atoms with Crippen LogP contribution in [-0.4, -0.2) is 37.9 Å². The van der Waals surface area contributed by atoms with Crippen LogP contribution in [0.25, 0.3) is 5.65 Å². The molecule has 32 heavy (non-hydrogen) atoms. The van der Waals surface area contributed by atoms with Crippen LogP contribution in [0.2, 0.25) is 5.02 Å². The van der Waals surface area contributed by atoms with Crippen molar-refractivity contribution in [2.75, 3.05) is 10.7 Å². The Balaban J connectivity index is 1.61. The quantitative estimate of drug-likeness (QED) is 0.376. The zero-order valence-electron chi connectivity index (χ0n) is 17.1. The van der Waals surface area contributed by atoms with Crippen molar-refractivity contribution in [1.82, 2.24) is 19.6 Å². The third-order valence-electron chi connectivity index (χ3n) is 5.28. The molecule has 0 aliphatic heterocycles. The van der Waals surface area contributed by atoms with Gasteiger partial charge in [0.15, 0.2) is 11.5 Å². The number of alkyl halides is 2. The van der Waals surface area contributed by atoms with Gasteiger partial charge in [-0.3, -0.25) is 10.2 Å². The average molecular weight is 461 g/mol. The molecular formula is C20H19ClF2N8O. The lowest BCUT2D eigenvalue weighted by molar-refractivity contribution is -0.117. The minimum atomic E-state index is -2.71. The number of anilines is 2. The van der Waals surface area contributed by atoms with E-state index in [0.717, 1.165) is 11.8 Å². The van der Waals surface area contributed by atoms with Gasteiger partial charge in [0.25, 0.3) is 6.43 Å². The molecule has 1 unspecified atom stereocenters. The molecule has 0 saturated carbocycles. The molecule has 3 aromatic heterocycles. The Morgan fingerprint density at radius 2 is 2.22 bits per heavy atom. The Labute approximate surface area is 186 Å². The lowest BCUT2D eigenvalue weighted by Crippen LogP contribution is -2.21. The van der Waals surface area contributed by atoms with Gasteiger partial charge in [-0.1, -0.05) is 25.4 Å².